The SMILES string of the molecule is CCO[C@@H]1C[C@H](N(C)C(=O)[C@H]2CCS(=O)(=O)C2)C12CCCCC2. The molecule has 1 heterocycles. The molecule has 1 saturated heterocycles. The van der Waals surface area contributed by atoms with Gasteiger partial charge in [0.2, 0.25) is 5.91 Å². The largest absolute Gasteiger partial charge is 0.378 e. The van der Waals surface area contributed by atoms with Crippen LogP contribution in [-0.4, -0.2) is 56.5 Å². The summed E-state index contributed by atoms with van der Waals surface area (Å²) in [4.78, 5) is 14.6. The van der Waals surface area contributed by atoms with Crippen LogP contribution in [0.4, 0.5) is 0 Å². The first-order chi connectivity index (χ1) is 10.9. The van der Waals surface area contributed by atoms with E-state index >= 15 is 0 Å². The van der Waals surface area contributed by atoms with E-state index in [9.17, 15) is 13.2 Å². The van der Waals surface area contributed by atoms with Crippen molar-refractivity contribution in [3.05, 3.63) is 0 Å². The number of nitrogens with zero attached hydrogens (tertiary/aromatic N) is 1. The fourth-order valence-corrected chi connectivity index (χ4v) is 6.73. The molecule has 0 bridgehead atoms. The van der Waals surface area contributed by atoms with E-state index in [4.69, 9.17) is 4.74 Å². The Morgan fingerprint density at radius 2 is 1.96 bits per heavy atom. The van der Waals surface area contributed by atoms with Gasteiger partial charge in [-0.05, 0) is 32.6 Å². The maximum absolute atomic E-state index is 12.8. The zero-order chi connectivity index (χ0) is 16.7. The molecule has 3 aliphatic rings. The lowest BCUT2D eigenvalue weighted by Crippen LogP contribution is -2.66. The van der Waals surface area contributed by atoms with Crippen LogP contribution < -0.4 is 0 Å². The Morgan fingerprint density at radius 3 is 2.52 bits per heavy atom. The first kappa shape index (κ1) is 17.2. The summed E-state index contributed by atoms with van der Waals surface area (Å²) in [5.74, 6) is -0.118. The molecule has 1 aliphatic heterocycles. The number of ether oxygens (including phenoxy) is 1. The Bertz CT molecular complexity index is 553. The summed E-state index contributed by atoms with van der Waals surface area (Å²) in [6.07, 6.45) is 7.59. The number of sulfone groups is 1. The lowest BCUT2D eigenvalue weighted by atomic mass is 9.54. The molecule has 0 aromatic rings. The first-order valence-electron chi connectivity index (χ1n) is 8.98. The van der Waals surface area contributed by atoms with Gasteiger partial charge < -0.3 is 9.64 Å². The topological polar surface area (TPSA) is 63.7 Å². The van der Waals surface area contributed by atoms with Crippen LogP contribution in [-0.2, 0) is 19.4 Å². The molecule has 2 aliphatic carbocycles. The predicted octanol–water partition coefficient (Wildman–Crippen LogP) is 2.01. The first-order valence-corrected chi connectivity index (χ1v) is 10.8. The zero-order valence-electron chi connectivity index (χ0n) is 14.3. The van der Waals surface area contributed by atoms with Gasteiger partial charge in [0.25, 0.3) is 0 Å². The molecule has 0 aromatic heterocycles. The van der Waals surface area contributed by atoms with Gasteiger partial charge in [-0.25, -0.2) is 8.42 Å². The van der Waals surface area contributed by atoms with Crippen LogP contribution in [0.3, 0.4) is 0 Å². The van der Waals surface area contributed by atoms with Crippen LogP contribution in [0.25, 0.3) is 0 Å². The highest BCUT2D eigenvalue weighted by molar-refractivity contribution is 7.91. The van der Waals surface area contributed by atoms with E-state index < -0.39 is 9.84 Å². The van der Waals surface area contributed by atoms with E-state index in [2.05, 4.69) is 0 Å². The average Bonchev–Trinajstić information content (AvgIpc) is 2.90. The van der Waals surface area contributed by atoms with Gasteiger partial charge in [0, 0.05) is 25.1 Å². The molecule has 6 heteroatoms. The lowest BCUT2D eigenvalue weighted by molar-refractivity contribution is -0.186. The van der Waals surface area contributed by atoms with Crippen LogP contribution in [0.5, 0.6) is 0 Å². The molecule has 132 valence electrons. The minimum Gasteiger partial charge on any atom is -0.378 e. The summed E-state index contributed by atoms with van der Waals surface area (Å²) in [5, 5.41) is 0. The summed E-state index contributed by atoms with van der Waals surface area (Å²) in [6.45, 7) is 2.75. The third kappa shape index (κ3) is 3.04. The van der Waals surface area contributed by atoms with Crippen molar-refractivity contribution < 1.29 is 17.9 Å². The normalized spacial score (nSPS) is 35.0. The maximum atomic E-state index is 12.8. The molecule has 3 rings (SSSR count). The Morgan fingerprint density at radius 1 is 1.26 bits per heavy atom. The van der Waals surface area contributed by atoms with Gasteiger partial charge in [-0.2, -0.15) is 0 Å². The molecule has 0 unspecified atom stereocenters. The highest BCUT2D eigenvalue weighted by Crippen LogP contribution is 2.55. The molecular weight excluding hydrogens is 314 g/mol. The molecule has 0 N–H and O–H groups in total. The molecule has 23 heavy (non-hydrogen) atoms. The van der Waals surface area contributed by atoms with Crippen LogP contribution in [0.1, 0.15) is 51.9 Å². The predicted molar refractivity (Wildman–Crippen MR) is 88.9 cm³/mol. The van der Waals surface area contributed by atoms with Gasteiger partial charge in [-0.3, -0.25) is 4.79 Å². The van der Waals surface area contributed by atoms with Crippen LogP contribution in [0.15, 0.2) is 0 Å². The van der Waals surface area contributed by atoms with Crippen molar-refractivity contribution in [1.29, 1.82) is 0 Å². The summed E-state index contributed by atoms with van der Waals surface area (Å²) in [7, 11) is -1.14. The van der Waals surface area contributed by atoms with Gasteiger partial charge >= 0.3 is 0 Å². The van der Waals surface area contributed by atoms with Gasteiger partial charge in [0.05, 0.1) is 23.5 Å². The van der Waals surface area contributed by atoms with E-state index in [0.717, 1.165) is 25.9 Å². The van der Waals surface area contributed by atoms with Gasteiger partial charge in [0.15, 0.2) is 9.84 Å². The van der Waals surface area contributed by atoms with Crippen molar-refractivity contribution in [3.8, 4) is 0 Å². The molecule has 3 atom stereocenters. The zero-order valence-corrected chi connectivity index (χ0v) is 15.1. The van der Waals surface area contributed by atoms with Gasteiger partial charge in [-0.1, -0.05) is 19.3 Å². The second kappa shape index (κ2) is 6.36. The Hall–Kier alpha value is -0.620. The van der Waals surface area contributed by atoms with Crippen molar-refractivity contribution in [2.75, 3.05) is 25.2 Å². The monoisotopic (exact) mass is 343 g/mol. The minimum absolute atomic E-state index is 0.0240. The lowest BCUT2D eigenvalue weighted by Gasteiger charge is -2.60. The highest BCUT2D eigenvalue weighted by Gasteiger charge is 2.58. The Labute approximate surface area is 139 Å². The second-order valence-corrected chi connectivity index (χ2v) is 9.77. The van der Waals surface area contributed by atoms with Gasteiger partial charge in [0.1, 0.15) is 0 Å². The van der Waals surface area contributed by atoms with Crippen LogP contribution >= 0.6 is 0 Å². The second-order valence-electron chi connectivity index (χ2n) is 7.54. The summed E-state index contributed by atoms with van der Waals surface area (Å²) in [5.41, 5.74) is 0.107. The van der Waals surface area contributed by atoms with Crippen molar-refractivity contribution in [2.45, 2.75) is 64.0 Å². The molecule has 3 fully saturated rings. The summed E-state index contributed by atoms with van der Waals surface area (Å²) < 4.78 is 29.3. The van der Waals surface area contributed by atoms with E-state index in [1.807, 2.05) is 18.9 Å². The Kier molecular flexibility index (Phi) is 4.76. The number of carbonyl (C=O) groups excluding carboxylic acids is 1. The van der Waals surface area contributed by atoms with E-state index in [0.29, 0.717) is 6.42 Å². The fraction of sp³-hybridized carbons (Fsp3) is 0.941. The van der Waals surface area contributed by atoms with Crippen molar-refractivity contribution in [2.24, 2.45) is 11.3 Å². The number of amides is 1. The molecular formula is C17H29NO4S. The van der Waals surface area contributed by atoms with Crippen molar-refractivity contribution in [3.63, 3.8) is 0 Å². The van der Waals surface area contributed by atoms with E-state index in [-0.39, 0.29) is 40.9 Å². The smallest absolute Gasteiger partial charge is 0.226 e. The van der Waals surface area contributed by atoms with E-state index in [1.54, 1.807) is 0 Å². The minimum atomic E-state index is -3.01. The molecule has 5 nitrogen and oxygen atoms in total. The molecule has 1 amide bonds. The van der Waals surface area contributed by atoms with Crippen molar-refractivity contribution >= 4 is 15.7 Å². The molecule has 1 spiro atoms. The maximum Gasteiger partial charge on any atom is 0.226 e. The standard InChI is InChI=1S/C17H29NO4S/c1-3-22-15-11-14(17(15)8-5-4-6-9-17)18(2)16(19)13-7-10-23(20,21)12-13/h13-15H,3-12H2,1-2H3/t13-,14-,15+/m0/s1. The fourth-order valence-electron chi connectivity index (χ4n) is 5.00. The Balaban J connectivity index is 1.71. The van der Waals surface area contributed by atoms with Crippen molar-refractivity contribution in [1.82, 2.24) is 4.90 Å². The van der Waals surface area contributed by atoms with E-state index in [1.165, 1.54) is 19.3 Å². The summed E-state index contributed by atoms with van der Waals surface area (Å²) in [6, 6.07) is 0.218. The number of rotatable bonds is 4. The molecule has 2 saturated carbocycles. The molecule has 0 radical (unpaired) electrons. The van der Waals surface area contributed by atoms with Gasteiger partial charge in [-0.15, -0.1) is 0 Å². The van der Waals surface area contributed by atoms with Crippen LogP contribution in [0, 0.1) is 11.3 Å². The summed E-state index contributed by atoms with van der Waals surface area (Å²) >= 11 is 0. The highest BCUT2D eigenvalue weighted by atomic mass is 32.2. The third-order valence-corrected chi connectivity index (χ3v) is 8.06. The number of hydrogen-bond acceptors (Lipinski definition) is 4. The molecule has 0 aromatic carbocycles. The average molecular weight is 343 g/mol. The quantitative estimate of drug-likeness (QED) is 0.783. The third-order valence-electron chi connectivity index (χ3n) is 6.29. The number of carbonyl (C=O) groups is 1. The van der Waals surface area contributed by atoms with Crippen LogP contribution in [0.2, 0.25) is 0 Å². The number of hydrogen-bond donors (Lipinski definition) is 0.